The maximum atomic E-state index is 12.5. The third-order valence-corrected chi connectivity index (χ3v) is 4.65. The van der Waals surface area contributed by atoms with Gasteiger partial charge in [0.25, 0.3) is 0 Å². The fourth-order valence-electron chi connectivity index (χ4n) is 3.21. The number of piperazine rings is 1. The van der Waals surface area contributed by atoms with Crippen molar-refractivity contribution in [2.45, 2.75) is 70.4 Å². The van der Waals surface area contributed by atoms with E-state index in [2.05, 4.69) is 10.6 Å². The van der Waals surface area contributed by atoms with Gasteiger partial charge in [0, 0.05) is 19.1 Å². The average Bonchev–Trinajstić information content (AvgIpc) is 2.58. The fraction of sp³-hybridized carbons (Fsp3) is 0.824. The number of rotatable bonds is 6. The minimum atomic E-state index is -0.781. The molecule has 1 heterocycles. The Morgan fingerprint density at radius 1 is 1.29 bits per heavy atom. The lowest BCUT2D eigenvalue weighted by Gasteiger charge is -2.36. The van der Waals surface area contributed by atoms with Crippen LogP contribution in [0.5, 0.6) is 0 Å². The molecule has 0 bridgehead atoms. The number of hydrogen-bond acceptors (Lipinski definition) is 4. The molecule has 0 aromatic heterocycles. The zero-order valence-corrected chi connectivity index (χ0v) is 14.5. The average molecular weight is 339 g/mol. The predicted molar refractivity (Wildman–Crippen MR) is 89.4 cm³/mol. The largest absolute Gasteiger partial charge is 0.466 e. The number of nitrogens with zero attached hydrogens (tertiary/aromatic N) is 1. The molecule has 1 aliphatic heterocycles. The van der Waals surface area contributed by atoms with E-state index in [0.717, 1.165) is 38.5 Å². The van der Waals surface area contributed by atoms with Gasteiger partial charge < -0.3 is 20.3 Å². The van der Waals surface area contributed by atoms with Crippen molar-refractivity contribution in [2.24, 2.45) is 0 Å². The van der Waals surface area contributed by atoms with E-state index in [0.29, 0.717) is 19.7 Å². The first kappa shape index (κ1) is 18.5. The zero-order chi connectivity index (χ0) is 17.4. The second kappa shape index (κ2) is 9.49. The molecule has 1 saturated carbocycles. The van der Waals surface area contributed by atoms with Gasteiger partial charge in [0.15, 0.2) is 0 Å². The van der Waals surface area contributed by atoms with Gasteiger partial charge in [-0.15, -0.1) is 0 Å². The summed E-state index contributed by atoms with van der Waals surface area (Å²) in [5.41, 5.74) is 0. The Morgan fingerprint density at radius 2 is 2.04 bits per heavy atom. The van der Waals surface area contributed by atoms with Crippen molar-refractivity contribution in [3.8, 4) is 0 Å². The van der Waals surface area contributed by atoms with Gasteiger partial charge in [-0.1, -0.05) is 32.6 Å². The van der Waals surface area contributed by atoms with Gasteiger partial charge >= 0.3 is 12.0 Å². The number of nitrogens with one attached hydrogen (secondary N) is 2. The molecule has 1 atom stereocenters. The quantitative estimate of drug-likeness (QED) is 0.568. The van der Waals surface area contributed by atoms with E-state index >= 15 is 0 Å². The van der Waals surface area contributed by atoms with Gasteiger partial charge in [-0.2, -0.15) is 0 Å². The van der Waals surface area contributed by atoms with Crippen LogP contribution in [-0.4, -0.2) is 54.6 Å². The van der Waals surface area contributed by atoms with Crippen molar-refractivity contribution in [3.63, 3.8) is 0 Å². The first-order valence-corrected chi connectivity index (χ1v) is 9.12. The minimum Gasteiger partial charge on any atom is -0.466 e. The molecule has 2 rings (SSSR count). The highest BCUT2D eigenvalue weighted by molar-refractivity contribution is 5.91. The van der Waals surface area contributed by atoms with Gasteiger partial charge in [0.2, 0.25) is 5.91 Å². The normalized spacial score (nSPS) is 22.0. The molecule has 24 heavy (non-hydrogen) atoms. The summed E-state index contributed by atoms with van der Waals surface area (Å²) < 4.78 is 5.13. The van der Waals surface area contributed by atoms with Crippen LogP contribution in [0.3, 0.4) is 0 Å². The van der Waals surface area contributed by atoms with Crippen molar-refractivity contribution in [3.05, 3.63) is 0 Å². The Hall–Kier alpha value is -1.79. The number of carbonyl (C=O) groups is 3. The van der Waals surface area contributed by atoms with Gasteiger partial charge in [0.1, 0.15) is 6.04 Å². The molecule has 2 fully saturated rings. The van der Waals surface area contributed by atoms with E-state index < -0.39 is 12.0 Å². The van der Waals surface area contributed by atoms with Crippen LogP contribution < -0.4 is 10.6 Å². The SMILES string of the molecule is CCCCOC(=O)CC1C(=O)NCCN1C(=O)NC1CCCCC1. The second-order valence-electron chi connectivity index (χ2n) is 6.56. The molecule has 7 nitrogen and oxygen atoms in total. The van der Waals surface area contributed by atoms with E-state index in [4.69, 9.17) is 4.74 Å². The van der Waals surface area contributed by atoms with Gasteiger partial charge in [0.05, 0.1) is 13.0 Å². The summed E-state index contributed by atoms with van der Waals surface area (Å²) in [6.45, 7) is 3.20. The standard InChI is InChI=1S/C17H29N3O4/c1-2-3-11-24-15(21)12-14-16(22)18-9-10-20(14)17(23)19-13-7-5-4-6-8-13/h13-14H,2-12H2,1H3,(H,18,22)(H,19,23). The Kier molecular flexibility index (Phi) is 7.34. The third kappa shape index (κ3) is 5.39. The summed E-state index contributed by atoms with van der Waals surface area (Å²) in [6.07, 6.45) is 7.07. The number of amides is 3. The minimum absolute atomic E-state index is 0.0896. The third-order valence-electron chi connectivity index (χ3n) is 4.65. The number of ether oxygens (including phenoxy) is 1. The van der Waals surface area contributed by atoms with Crippen LogP contribution in [0.1, 0.15) is 58.3 Å². The molecule has 0 radical (unpaired) electrons. The summed E-state index contributed by atoms with van der Waals surface area (Å²) >= 11 is 0. The highest BCUT2D eigenvalue weighted by atomic mass is 16.5. The maximum Gasteiger partial charge on any atom is 0.318 e. The Balaban J connectivity index is 1.90. The lowest BCUT2D eigenvalue weighted by molar-refractivity contribution is -0.147. The van der Waals surface area contributed by atoms with Crippen LogP contribution >= 0.6 is 0 Å². The highest BCUT2D eigenvalue weighted by Gasteiger charge is 2.35. The first-order valence-electron chi connectivity index (χ1n) is 9.12. The highest BCUT2D eigenvalue weighted by Crippen LogP contribution is 2.18. The molecular formula is C17H29N3O4. The predicted octanol–water partition coefficient (Wildman–Crippen LogP) is 1.56. The van der Waals surface area contributed by atoms with Crippen LogP contribution in [0, 0.1) is 0 Å². The smallest absolute Gasteiger partial charge is 0.318 e. The Bertz CT molecular complexity index is 449. The number of unbranched alkanes of at least 4 members (excludes halogenated alkanes) is 1. The van der Waals surface area contributed by atoms with Crippen molar-refractivity contribution < 1.29 is 19.1 Å². The second-order valence-corrected chi connectivity index (χ2v) is 6.56. The summed E-state index contributed by atoms with van der Waals surface area (Å²) in [5.74, 6) is -0.714. The molecule has 0 aromatic carbocycles. The molecule has 2 aliphatic rings. The van der Waals surface area contributed by atoms with E-state index in [1.807, 2.05) is 6.92 Å². The first-order chi connectivity index (χ1) is 11.6. The van der Waals surface area contributed by atoms with E-state index in [1.54, 1.807) is 0 Å². The molecular weight excluding hydrogens is 310 g/mol. The Labute approximate surface area is 143 Å². The maximum absolute atomic E-state index is 12.5. The molecule has 7 heteroatoms. The molecule has 1 unspecified atom stereocenters. The lowest BCUT2D eigenvalue weighted by atomic mass is 9.95. The number of urea groups is 1. The van der Waals surface area contributed by atoms with E-state index in [-0.39, 0.29) is 24.4 Å². The van der Waals surface area contributed by atoms with E-state index in [1.165, 1.54) is 11.3 Å². The molecule has 0 aromatic rings. The monoisotopic (exact) mass is 339 g/mol. The molecule has 1 saturated heterocycles. The summed E-state index contributed by atoms with van der Waals surface area (Å²) in [5, 5.41) is 5.74. The van der Waals surface area contributed by atoms with Gasteiger partial charge in [-0.3, -0.25) is 9.59 Å². The van der Waals surface area contributed by atoms with Crippen molar-refractivity contribution in [2.75, 3.05) is 19.7 Å². The number of carbonyl (C=O) groups excluding carboxylic acids is 3. The Morgan fingerprint density at radius 3 is 2.75 bits per heavy atom. The molecule has 2 N–H and O–H groups in total. The van der Waals surface area contributed by atoms with Crippen LogP contribution in [0.2, 0.25) is 0 Å². The lowest BCUT2D eigenvalue weighted by Crippen LogP contribution is -2.61. The summed E-state index contributed by atoms with van der Waals surface area (Å²) in [4.78, 5) is 38.1. The number of hydrogen-bond donors (Lipinski definition) is 2. The topological polar surface area (TPSA) is 87.7 Å². The molecule has 0 spiro atoms. The fourth-order valence-corrected chi connectivity index (χ4v) is 3.21. The zero-order valence-electron chi connectivity index (χ0n) is 14.5. The van der Waals surface area contributed by atoms with Crippen molar-refractivity contribution >= 4 is 17.9 Å². The molecule has 1 aliphatic carbocycles. The van der Waals surface area contributed by atoms with Crippen LogP contribution in [0.25, 0.3) is 0 Å². The van der Waals surface area contributed by atoms with Crippen molar-refractivity contribution in [1.82, 2.24) is 15.5 Å². The molecule has 136 valence electrons. The molecule has 3 amide bonds. The summed E-state index contributed by atoms with van der Waals surface area (Å²) in [7, 11) is 0. The van der Waals surface area contributed by atoms with Crippen LogP contribution in [0.4, 0.5) is 4.79 Å². The summed E-state index contributed by atoms with van der Waals surface area (Å²) in [6, 6.07) is -0.854. The van der Waals surface area contributed by atoms with Crippen LogP contribution in [-0.2, 0) is 14.3 Å². The van der Waals surface area contributed by atoms with Crippen molar-refractivity contribution in [1.29, 1.82) is 0 Å². The van der Waals surface area contributed by atoms with Crippen LogP contribution in [0.15, 0.2) is 0 Å². The van der Waals surface area contributed by atoms with E-state index in [9.17, 15) is 14.4 Å². The van der Waals surface area contributed by atoms with Gasteiger partial charge in [-0.05, 0) is 19.3 Å². The van der Waals surface area contributed by atoms with Gasteiger partial charge in [-0.25, -0.2) is 4.79 Å². The number of esters is 1.